The fourth-order valence-electron chi connectivity index (χ4n) is 0.241. The summed E-state index contributed by atoms with van der Waals surface area (Å²) in [5.74, 6) is 0. The average molecular weight is 166 g/mol. The first-order chi connectivity index (χ1) is 5.41. The fraction of sp³-hybridized carbons (Fsp3) is 0.333. The maximum Gasteiger partial charge on any atom is 0.106 e. The first-order valence-electron chi connectivity index (χ1n) is 2.83. The highest BCUT2D eigenvalue weighted by Gasteiger charge is 1.83. The van der Waals surface area contributed by atoms with Crippen LogP contribution in [-0.4, -0.2) is 13.2 Å². The predicted octanol–water partition coefficient (Wildman–Crippen LogP) is 1.83. The summed E-state index contributed by atoms with van der Waals surface area (Å²) < 4.78 is 22.4. The lowest BCUT2D eigenvalue weighted by molar-refractivity contribution is -0.505. The zero-order chi connectivity index (χ0) is 8.36. The van der Waals surface area contributed by atoms with Crippen LogP contribution in [0.2, 0.25) is 0 Å². The minimum absolute atomic E-state index is 0.0597. The topological polar surface area (TPSA) is 27.7 Å². The van der Waals surface area contributed by atoms with Gasteiger partial charge in [-0.05, 0) is 12.2 Å². The molecular formula is C6H8F2O3. The molecule has 0 saturated carbocycles. The number of rotatable bonds is 6. The van der Waals surface area contributed by atoms with Crippen molar-refractivity contribution in [3.05, 3.63) is 24.8 Å². The van der Waals surface area contributed by atoms with Crippen LogP contribution in [0.3, 0.4) is 0 Å². The molecule has 0 aliphatic heterocycles. The molecule has 0 saturated heterocycles. The van der Waals surface area contributed by atoms with Gasteiger partial charge in [-0.3, -0.25) is 0 Å². The van der Waals surface area contributed by atoms with Crippen LogP contribution in [0.1, 0.15) is 0 Å². The minimum atomic E-state index is -0.0597. The number of hydrogen-bond acceptors (Lipinski definition) is 3. The zero-order valence-electron chi connectivity index (χ0n) is 5.70. The fourth-order valence-corrected chi connectivity index (χ4v) is 0.241. The van der Waals surface area contributed by atoms with E-state index in [1.165, 1.54) is 0 Å². The van der Waals surface area contributed by atoms with E-state index in [0.29, 0.717) is 12.7 Å². The first-order valence-corrected chi connectivity index (χ1v) is 2.83. The van der Waals surface area contributed by atoms with E-state index in [1.54, 1.807) is 0 Å². The van der Waals surface area contributed by atoms with Gasteiger partial charge >= 0.3 is 0 Å². The van der Waals surface area contributed by atoms with E-state index < -0.39 is 0 Å². The van der Waals surface area contributed by atoms with Gasteiger partial charge in [0.1, 0.15) is 13.2 Å². The van der Waals surface area contributed by atoms with E-state index in [0.717, 1.165) is 12.2 Å². The maximum absolute atomic E-state index is 11.2. The molecule has 0 aromatic carbocycles. The van der Waals surface area contributed by atoms with Gasteiger partial charge in [0, 0.05) is 0 Å². The van der Waals surface area contributed by atoms with Crippen LogP contribution in [0.4, 0.5) is 8.78 Å². The molecule has 0 rings (SSSR count). The first kappa shape index (κ1) is 10.2. The van der Waals surface area contributed by atoms with E-state index in [4.69, 9.17) is 0 Å². The van der Waals surface area contributed by atoms with E-state index in [2.05, 4.69) is 14.8 Å². The normalized spacial score (nSPS) is 11.8. The largest absolute Gasteiger partial charge is 0.216 e. The van der Waals surface area contributed by atoms with Gasteiger partial charge in [0.15, 0.2) is 0 Å². The Bertz CT molecular complexity index is 111. The highest BCUT2D eigenvalue weighted by atomic mass is 19.1. The molecule has 0 aromatic rings. The van der Waals surface area contributed by atoms with Gasteiger partial charge in [0.05, 0.1) is 12.7 Å². The Balaban J connectivity index is 2.90. The summed E-state index contributed by atoms with van der Waals surface area (Å²) in [6.45, 7) is -0.119. The Kier molecular flexibility index (Phi) is 8.57. The number of hydrogen-bond donors (Lipinski definition) is 0. The molecule has 0 aliphatic rings. The van der Waals surface area contributed by atoms with Crippen molar-refractivity contribution >= 4 is 0 Å². The van der Waals surface area contributed by atoms with Crippen molar-refractivity contribution in [1.29, 1.82) is 0 Å². The Morgan fingerprint density at radius 1 is 0.909 bits per heavy atom. The van der Waals surface area contributed by atoms with Gasteiger partial charge in [0.25, 0.3) is 0 Å². The summed E-state index contributed by atoms with van der Waals surface area (Å²) in [5, 5.41) is 4.00. The summed E-state index contributed by atoms with van der Waals surface area (Å²) in [6, 6.07) is 0. The van der Waals surface area contributed by atoms with Crippen LogP contribution in [-0.2, 0) is 14.8 Å². The highest BCUT2D eigenvalue weighted by molar-refractivity contribution is 4.70. The van der Waals surface area contributed by atoms with Gasteiger partial charge in [-0.1, -0.05) is 5.04 Å². The summed E-state index contributed by atoms with van der Waals surface area (Å²) in [5.41, 5.74) is 0. The Morgan fingerprint density at radius 3 is 1.73 bits per heavy atom. The van der Waals surface area contributed by atoms with Crippen molar-refractivity contribution in [3.63, 3.8) is 0 Å². The van der Waals surface area contributed by atoms with Crippen molar-refractivity contribution in [2.24, 2.45) is 0 Å². The molecule has 0 N–H and O–H groups in total. The van der Waals surface area contributed by atoms with Crippen molar-refractivity contribution in [3.8, 4) is 0 Å². The summed E-state index contributed by atoms with van der Waals surface area (Å²) in [7, 11) is 0. The molecule has 0 unspecified atom stereocenters. The van der Waals surface area contributed by atoms with Crippen LogP contribution in [0.5, 0.6) is 0 Å². The molecule has 0 spiro atoms. The lowest BCUT2D eigenvalue weighted by Gasteiger charge is -1.96. The molecule has 0 fully saturated rings. The van der Waals surface area contributed by atoms with E-state index in [-0.39, 0.29) is 13.2 Å². The van der Waals surface area contributed by atoms with Crippen LogP contribution >= 0.6 is 0 Å². The third-order valence-corrected chi connectivity index (χ3v) is 0.603. The Hall–Kier alpha value is -0.780. The summed E-state index contributed by atoms with van der Waals surface area (Å²) in [4.78, 5) is 8.43. The standard InChI is InChI=1S/C6H8F2O3/c7-3-1-5-9-11-10-6-2-4-8/h1-4H,5-6H2. The third-order valence-electron chi connectivity index (χ3n) is 0.603. The molecule has 0 amide bonds. The molecule has 0 radical (unpaired) electrons. The minimum Gasteiger partial charge on any atom is -0.216 e. The monoisotopic (exact) mass is 166 g/mol. The van der Waals surface area contributed by atoms with E-state index in [1.807, 2.05) is 0 Å². The van der Waals surface area contributed by atoms with Crippen LogP contribution < -0.4 is 0 Å². The molecule has 5 heteroatoms. The molecule has 0 aliphatic carbocycles. The van der Waals surface area contributed by atoms with Crippen molar-refractivity contribution in [2.75, 3.05) is 13.2 Å². The smallest absolute Gasteiger partial charge is 0.106 e. The maximum atomic E-state index is 11.2. The van der Waals surface area contributed by atoms with Crippen molar-refractivity contribution in [2.45, 2.75) is 0 Å². The SMILES string of the molecule is FC=CCOOOCC=CF. The van der Waals surface area contributed by atoms with Gasteiger partial charge in [0.2, 0.25) is 0 Å². The van der Waals surface area contributed by atoms with Gasteiger partial charge in [-0.25, -0.2) is 18.6 Å². The summed E-state index contributed by atoms with van der Waals surface area (Å²) in [6.07, 6.45) is 2.78. The van der Waals surface area contributed by atoms with Gasteiger partial charge in [-0.15, -0.1) is 0 Å². The molecular weight excluding hydrogens is 158 g/mol. The second-order valence-electron chi connectivity index (χ2n) is 1.36. The van der Waals surface area contributed by atoms with Crippen LogP contribution in [0, 0.1) is 0 Å². The van der Waals surface area contributed by atoms with Crippen LogP contribution in [0.25, 0.3) is 0 Å². The highest BCUT2D eigenvalue weighted by Crippen LogP contribution is 1.84. The van der Waals surface area contributed by atoms with Crippen LogP contribution in [0.15, 0.2) is 24.8 Å². The quantitative estimate of drug-likeness (QED) is 0.342. The second-order valence-corrected chi connectivity index (χ2v) is 1.36. The second kappa shape index (κ2) is 9.22. The lowest BCUT2D eigenvalue weighted by Crippen LogP contribution is -1.96. The van der Waals surface area contributed by atoms with Crippen molar-refractivity contribution < 1.29 is 23.6 Å². The molecule has 0 aromatic heterocycles. The summed E-state index contributed by atoms with van der Waals surface area (Å²) >= 11 is 0. The lowest BCUT2D eigenvalue weighted by atomic mass is 10.7. The average Bonchev–Trinajstić information content (AvgIpc) is 2.03. The molecule has 0 bridgehead atoms. The molecule has 3 nitrogen and oxygen atoms in total. The predicted molar refractivity (Wildman–Crippen MR) is 33.5 cm³/mol. The zero-order valence-corrected chi connectivity index (χ0v) is 5.70. The van der Waals surface area contributed by atoms with Crippen molar-refractivity contribution in [1.82, 2.24) is 0 Å². The Morgan fingerprint density at radius 2 is 1.36 bits per heavy atom. The Labute approximate surface area is 62.7 Å². The molecule has 64 valence electrons. The number of halogens is 2. The van der Waals surface area contributed by atoms with E-state index >= 15 is 0 Å². The van der Waals surface area contributed by atoms with Gasteiger partial charge in [-0.2, -0.15) is 0 Å². The van der Waals surface area contributed by atoms with E-state index in [9.17, 15) is 8.78 Å². The molecule has 0 heterocycles. The molecule has 0 atom stereocenters. The third kappa shape index (κ3) is 9.22. The molecule has 11 heavy (non-hydrogen) atoms. The van der Waals surface area contributed by atoms with Gasteiger partial charge < -0.3 is 0 Å².